The zero-order valence-electron chi connectivity index (χ0n) is 6.83. The highest BCUT2D eigenvalue weighted by atomic mass is 19.1. The molecule has 2 N–H and O–H groups in total. The maximum atomic E-state index is 12.1. The van der Waals surface area contributed by atoms with Crippen LogP contribution in [0.3, 0.4) is 0 Å². The normalized spacial score (nSPS) is 35.1. The van der Waals surface area contributed by atoms with E-state index in [4.69, 9.17) is 15.2 Å². The van der Waals surface area contributed by atoms with Crippen LogP contribution in [-0.4, -0.2) is 31.1 Å². The van der Waals surface area contributed by atoms with E-state index in [1.54, 1.807) is 0 Å². The molecule has 0 amide bonds. The monoisotopic (exact) mass is 177 g/mol. The van der Waals surface area contributed by atoms with Crippen LogP contribution in [0.5, 0.6) is 0 Å². The van der Waals surface area contributed by atoms with Crippen molar-refractivity contribution in [3.05, 3.63) is 0 Å². The fourth-order valence-corrected chi connectivity index (χ4v) is 1.14. The lowest BCUT2D eigenvalue weighted by Gasteiger charge is -2.10. The molecule has 0 aromatic carbocycles. The summed E-state index contributed by atoms with van der Waals surface area (Å²) in [5, 5.41) is 0. The molecule has 0 saturated carbocycles. The molecule has 0 aliphatic carbocycles. The fourth-order valence-electron chi connectivity index (χ4n) is 1.14. The summed E-state index contributed by atoms with van der Waals surface area (Å²) in [6.45, 7) is 0.636. The van der Waals surface area contributed by atoms with Crippen LogP contribution in [0.1, 0.15) is 13.3 Å². The van der Waals surface area contributed by atoms with E-state index in [0.717, 1.165) is 0 Å². The number of ether oxygens (including phenoxy) is 2. The molecule has 5 heteroatoms. The van der Waals surface area contributed by atoms with Crippen molar-refractivity contribution in [2.24, 2.45) is 5.73 Å². The first-order valence-electron chi connectivity index (χ1n) is 3.77. The van der Waals surface area contributed by atoms with Crippen LogP contribution in [-0.2, 0) is 14.3 Å². The van der Waals surface area contributed by atoms with E-state index in [9.17, 15) is 9.18 Å². The van der Waals surface area contributed by atoms with Crippen molar-refractivity contribution in [1.29, 1.82) is 0 Å². The highest BCUT2D eigenvalue weighted by Gasteiger charge is 2.34. The van der Waals surface area contributed by atoms with Crippen LogP contribution in [0.25, 0.3) is 0 Å². The molecule has 0 spiro atoms. The van der Waals surface area contributed by atoms with Crippen LogP contribution >= 0.6 is 0 Å². The third-order valence-corrected chi connectivity index (χ3v) is 1.72. The van der Waals surface area contributed by atoms with Gasteiger partial charge in [0, 0.05) is 19.4 Å². The van der Waals surface area contributed by atoms with Gasteiger partial charge in [-0.3, -0.25) is 4.79 Å². The lowest BCUT2D eigenvalue weighted by molar-refractivity contribution is -0.173. The highest BCUT2D eigenvalue weighted by Crippen LogP contribution is 2.20. The average molecular weight is 177 g/mol. The van der Waals surface area contributed by atoms with Gasteiger partial charge in [0.05, 0.1) is 0 Å². The predicted molar refractivity (Wildman–Crippen MR) is 39.0 cm³/mol. The topological polar surface area (TPSA) is 61.5 Å². The number of hydrogen-bond donors (Lipinski definition) is 1. The second-order valence-electron chi connectivity index (χ2n) is 2.77. The predicted octanol–water partition coefficient (Wildman–Crippen LogP) is -0.0387. The second kappa shape index (κ2) is 3.82. The zero-order chi connectivity index (χ0) is 9.14. The molecule has 0 aromatic rings. The Hall–Kier alpha value is -0.680. The molecule has 1 aliphatic rings. The molecule has 0 aromatic heterocycles. The van der Waals surface area contributed by atoms with Gasteiger partial charge in [0.2, 0.25) is 6.29 Å². The number of esters is 1. The van der Waals surface area contributed by atoms with Gasteiger partial charge in [-0.05, 0) is 0 Å². The van der Waals surface area contributed by atoms with Crippen molar-refractivity contribution in [1.82, 2.24) is 0 Å². The van der Waals surface area contributed by atoms with E-state index in [1.807, 2.05) is 0 Å². The zero-order valence-corrected chi connectivity index (χ0v) is 6.83. The Kier molecular flexibility index (Phi) is 2.99. The van der Waals surface area contributed by atoms with Crippen molar-refractivity contribution in [3.63, 3.8) is 0 Å². The molecule has 70 valence electrons. The van der Waals surface area contributed by atoms with Crippen molar-refractivity contribution in [2.75, 3.05) is 6.67 Å². The molecule has 1 saturated heterocycles. The van der Waals surface area contributed by atoms with Gasteiger partial charge < -0.3 is 15.2 Å². The van der Waals surface area contributed by atoms with E-state index < -0.39 is 25.0 Å². The van der Waals surface area contributed by atoms with Crippen LogP contribution in [0.4, 0.5) is 4.39 Å². The number of rotatable bonds is 2. The van der Waals surface area contributed by atoms with Gasteiger partial charge in [-0.25, -0.2) is 4.39 Å². The van der Waals surface area contributed by atoms with Gasteiger partial charge in [-0.1, -0.05) is 0 Å². The van der Waals surface area contributed by atoms with Crippen LogP contribution in [0.2, 0.25) is 0 Å². The van der Waals surface area contributed by atoms with Gasteiger partial charge >= 0.3 is 5.97 Å². The van der Waals surface area contributed by atoms with Gasteiger partial charge in [-0.2, -0.15) is 0 Å². The molecule has 3 unspecified atom stereocenters. The van der Waals surface area contributed by atoms with Gasteiger partial charge in [0.15, 0.2) is 0 Å². The summed E-state index contributed by atoms with van der Waals surface area (Å²) in [4.78, 5) is 10.5. The van der Waals surface area contributed by atoms with Gasteiger partial charge in [-0.15, -0.1) is 0 Å². The third kappa shape index (κ3) is 2.15. The summed E-state index contributed by atoms with van der Waals surface area (Å²) in [7, 11) is 0. The SMILES string of the molecule is CC(=O)OC1CC(N)C(CF)O1. The Morgan fingerprint density at radius 3 is 2.92 bits per heavy atom. The molecule has 1 aliphatic heterocycles. The number of carbonyl (C=O) groups excluding carboxylic acids is 1. The van der Waals surface area contributed by atoms with Crippen LogP contribution in [0.15, 0.2) is 0 Å². The Balaban J connectivity index is 2.37. The molecular weight excluding hydrogens is 165 g/mol. The first-order chi connectivity index (χ1) is 5.63. The molecule has 0 radical (unpaired) electrons. The van der Waals surface area contributed by atoms with E-state index in [-0.39, 0.29) is 6.04 Å². The Labute approximate surface area is 69.8 Å². The fraction of sp³-hybridized carbons (Fsp3) is 0.857. The minimum Gasteiger partial charge on any atom is -0.436 e. The number of nitrogens with two attached hydrogens (primary N) is 1. The number of halogens is 1. The lowest BCUT2D eigenvalue weighted by Crippen LogP contribution is -2.31. The maximum absolute atomic E-state index is 12.1. The van der Waals surface area contributed by atoms with E-state index in [1.165, 1.54) is 6.92 Å². The molecule has 1 rings (SSSR count). The number of hydrogen-bond acceptors (Lipinski definition) is 4. The molecule has 0 bridgehead atoms. The van der Waals surface area contributed by atoms with Crippen LogP contribution in [0, 0.1) is 0 Å². The van der Waals surface area contributed by atoms with Crippen molar-refractivity contribution < 1.29 is 18.7 Å². The lowest BCUT2D eigenvalue weighted by atomic mass is 10.2. The Morgan fingerprint density at radius 1 is 1.83 bits per heavy atom. The largest absolute Gasteiger partial charge is 0.436 e. The van der Waals surface area contributed by atoms with Crippen molar-refractivity contribution in [2.45, 2.75) is 31.8 Å². The Morgan fingerprint density at radius 2 is 2.50 bits per heavy atom. The van der Waals surface area contributed by atoms with E-state index in [2.05, 4.69) is 0 Å². The second-order valence-corrected chi connectivity index (χ2v) is 2.77. The molecule has 3 atom stereocenters. The number of carbonyl (C=O) groups is 1. The quantitative estimate of drug-likeness (QED) is 0.601. The van der Waals surface area contributed by atoms with Crippen molar-refractivity contribution in [3.8, 4) is 0 Å². The maximum Gasteiger partial charge on any atom is 0.304 e. The molecule has 1 fully saturated rings. The van der Waals surface area contributed by atoms with E-state index >= 15 is 0 Å². The van der Waals surface area contributed by atoms with E-state index in [0.29, 0.717) is 6.42 Å². The third-order valence-electron chi connectivity index (χ3n) is 1.72. The molecule has 1 heterocycles. The standard InChI is InChI=1S/C7H12FNO3/c1-4(10)11-7-2-5(9)6(3-8)12-7/h5-7H,2-3,9H2,1H3. The minimum absolute atomic E-state index is 0.369. The molecular formula is C7H12FNO3. The molecule has 12 heavy (non-hydrogen) atoms. The first kappa shape index (κ1) is 9.41. The van der Waals surface area contributed by atoms with Gasteiger partial charge in [0.1, 0.15) is 12.8 Å². The summed E-state index contributed by atoms with van der Waals surface area (Å²) < 4.78 is 21.8. The summed E-state index contributed by atoms with van der Waals surface area (Å²) in [5.41, 5.74) is 5.50. The van der Waals surface area contributed by atoms with Crippen molar-refractivity contribution >= 4 is 5.97 Å². The van der Waals surface area contributed by atoms with Gasteiger partial charge in [0.25, 0.3) is 0 Å². The Bertz CT molecular complexity index is 176. The summed E-state index contributed by atoms with van der Waals surface area (Å²) >= 11 is 0. The molecule has 4 nitrogen and oxygen atoms in total. The first-order valence-corrected chi connectivity index (χ1v) is 3.77. The smallest absolute Gasteiger partial charge is 0.304 e. The highest BCUT2D eigenvalue weighted by molar-refractivity contribution is 5.66. The summed E-state index contributed by atoms with van der Waals surface area (Å²) in [6, 6.07) is -0.376. The summed E-state index contributed by atoms with van der Waals surface area (Å²) in [6.07, 6.45) is -0.929. The minimum atomic E-state index is -0.668. The number of alkyl halides is 1. The van der Waals surface area contributed by atoms with Crippen LogP contribution < -0.4 is 5.73 Å². The average Bonchev–Trinajstić information content (AvgIpc) is 2.29. The summed E-state index contributed by atoms with van der Waals surface area (Å²) in [5.74, 6) is -0.438.